The highest BCUT2D eigenvalue weighted by Gasteiger charge is 2.30. The first-order valence-corrected chi connectivity index (χ1v) is 9.00. The lowest BCUT2D eigenvalue weighted by Gasteiger charge is -2.29. The van der Waals surface area contributed by atoms with Crippen molar-refractivity contribution in [1.82, 2.24) is 0 Å². The lowest BCUT2D eigenvalue weighted by atomic mass is 10.1. The number of para-hydroxylation sites is 1. The molecule has 0 N–H and O–H groups in total. The number of amides is 1. The quantitative estimate of drug-likeness (QED) is 0.867. The molecule has 6 heteroatoms. The molecule has 0 bridgehead atoms. The second kappa shape index (κ2) is 6.12. The number of carbonyl (C=O) groups excluding carboxylic acids is 1. The molecule has 4 nitrogen and oxygen atoms in total. The maximum Gasteiger partial charge on any atom is 0.227 e. The fourth-order valence-corrected chi connectivity index (χ4v) is 4.15. The van der Waals surface area contributed by atoms with Gasteiger partial charge in [-0.05, 0) is 30.2 Å². The average molecular weight is 333 g/mol. The summed E-state index contributed by atoms with van der Waals surface area (Å²) in [5.74, 6) is -0.618. The van der Waals surface area contributed by atoms with Gasteiger partial charge in [0.05, 0.1) is 16.3 Å². The van der Waals surface area contributed by atoms with Gasteiger partial charge in [-0.1, -0.05) is 30.3 Å². The third-order valence-electron chi connectivity index (χ3n) is 3.94. The van der Waals surface area contributed by atoms with Crippen molar-refractivity contribution in [2.24, 2.45) is 0 Å². The number of sulfone groups is 1. The predicted octanol–water partition coefficient (Wildman–Crippen LogP) is 2.58. The van der Waals surface area contributed by atoms with E-state index < -0.39 is 9.84 Å². The smallest absolute Gasteiger partial charge is 0.227 e. The maximum absolute atomic E-state index is 13.6. The summed E-state index contributed by atoms with van der Waals surface area (Å²) in [5.41, 5.74) is 0.899. The van der Waals surface area contributed by atoms with Crippen LogP contribution in [0.25, 0.3) is 0 Å². The van der Waals surface area contributed by atoms with Crippen molar-refractivity contribution >= 4 is 21.4 Å². The van der Waals surface area contributed by atoms with Gasteiger partial charge < -0.3 is 4.90 Å². The van der Waals surface area contributed by atoms with Gasteiger partial charge in [0.25, 0.3) is 0 Å². The number of halogens is 1. The van der Waals surface area contributed by atoms with Crippen molar-refractivity contribution in [2.45, 2.75) is 17.7 Å². The van der Waals surface area contributed by atoms with E-state index in [0.29, 0.717) is 11.3 Å². The fourth-order valence-electron chi connectivity index (χ4n) is 2.72. The van der Waals surface area contributed by atoms with Gasteiger partial charge in [-0.3, -0.25) is 4.79 Å². The van der Waals surface area contributed by atoms with Crippen LogP contribution < -0.4 is 4.90 Å². The summed E-state index contributed by atoms with van der Waals surface area (Å²) in [7, 11) is -3.34. The minimum Gasteiger partial charge on any atom is -0.310 e. The zero-order chi connectivity index (χ0) is 16.4. The molecule has 1 aliphatic rings. The highest BCUT2D eigenvalue weighted by molar-refractivity contribution is 7.91. The van der Waals surface area contributed by atoms with Crippen molar-refractivity contribution in [1.29, 1.82) is 0 Å². The molecule has 0 aromatic heterocycles. The molecule has 0 saturated heterocycles. The van der Waals surface area contributed by atoms with E-state index in [9.17, 15) is 17.6 Å². The van der Waals surface area contributed by atoms with E-state index in [4.69, 9.17) is 0 Å². The van der Waals surface area contributed by atoms with Gasteiger partial charge >= 0.3 is 0 Å². The van der Waals surface area contributed by atoms with Gasteiger partial charge in [-0.2, -0.15) is 0 Å². The number of benzene rings is 2. The van der Waals surface area contributed by atoms with E-state index in [2.05, 4.69) is 0 Å². The van der Waals surface area contributed by atoms with Gasteiger partial charge in [0.1, 0.15) is 5.82 Å². The van der Waals surface area contributed by atoms with E-state index in [1.807, 2.05) is 0 Å². The topological polar surface area (TPSA) is 54.5 Å². The first-order valence-electron chi connectivity index (χ1n) is 7.34. The van der Waals surface area contributed by atoms with Crippen LogP contribution in [0.4, 0.5) is 10.1 Å². The maximum atomic E-state index is 13.6. The van der Waals surface area contributed by atoms with Crippen LogP contribution >= 0.6 is 0 Å². The number of nitrogens with zero attached hydrogens (tertiary/aromatic N) is 1. The number of hydrogen-bond donors (Lipinski definition) is 0. The van der Waals surface area contributed by atoms with Crippen LogP contribution in [0.5, 0.6) is 0 Å². The van der Waals surface area contributed by atoms with Crippen molar-refractivity contribution in [3.63, 3.8) is 0 Å². The van der Waals surface area contributed by atoms with Gasteiger partial charge in [0.2, 0.25) is 5.91 Å². The minimum atomic E-state index is -3.34. The SMILES string of the molecule is O=C(CCc1ccccc1F)N1CCS(=O)(=O)c2ccccc21. The van der Waals surface area contributed by atoms with Crippen molar-refractivity contribution < 1.29 is 17.6 Å². The Morgan fingerprint density at radius 3 is 2.57 bits per heavy atom. The zero-order valence-electron chi connectivity index (χ0n) is 12.4. The van der Waals surface area contributed by atoms with Gasteiger partial charge in [0, 0.05) is 13.0 Å². The molecule has 0 radical (unpaired) electrons. The molecule has 0 aliphatic carbocycles. The molecule has 0 fully saturated rings. The lowest BCUT2D eigenvalue weighted by molar-refractivity contribution is -0.118. The zero-order valence-corrected chi connectivity index (χ0v) is 13.2. The first-order chi connectivity index (χ1) is 11.0. The van der Waals surface area contributed by atoms with Crippen molar-refractivity contribution in [3.8, 4) is 0 Å². The summed E-state index contributed by atoms with van der Waals surface area (Å²) in [6.07, 6.45) is 0.423. The van der Waals surface area contributed by atoms with Crippen LogP contribution in [0.1, 0.15) is 12.0 Å². The molecule has 1 aliphatic heterocycles. The van der Waals surface area contributed by atoms with Gasteiger partial charge in [0.15, 0.2) is 9.84 Å². The first kappa shape index (κ1) is 15.7. The molecule has 120 valence electrons. The Bertz CT molecular complexity index is 848. The molecule has 0 spiro atoms. The van der Waals surface area contributed by atoms with Crippen LogP contribution in [-0.4, -0.2) is 26.6 Å². The summed E-state index contributed by atoms with van der Waals surface area (Å²) in [5, 5.41) is 0. The third kappa shape index (κ3) is 3.12. The van der Waals surface area contributed by atoms with Gasteiger partial charge in [-0.25, -0.2) is 12.8 Å². The van der Waals surface area contributed by atoms with E-state index in [-0.39, 0.29) is 41.8 Å². The minimum absolute atomic E-state index is 0.0878. The van der Waals surface area contributed by atoms with Crippen molar-refractivity contribution in [2.75, 3.05) is 17.2 Å². The second-order valence-electron chi connectivity index (χ2n) is 5.42. The molecule has 1 heterocycles. The Labute approximate surface area is 134 Å². The van der Waals surface area contributed by atoms with Crippen LogP contribution in [0, 0.1) is 5.82 Å². The number of fused-ring (bicyclic) bond motifs is 1. The molecular weight excluding hydrogens is 317 g/mol. The summed E-state index contributed by atoms with van der Waals surface area (Å²) in [6, 6.07) is 12.8. The van der Waals surface area contributed by atoms with E-state index in [1.165, 1.54) is 17.0 Å². The standard InChI is InChI=1S/C17H16FNO3S/c18-14-6-2-1-5-13(14)9-10-17(20)19-11-12-23(21,22)16-8-4-3-7-15(16)19/h1-8H,9-12H2. The van der Waals surface area contributed by atoms with Crippen LogP contribution in [-0.2, 0) is 21.1 Å². The highest BCUT2D eigenvalue weighted by atomic mass is 32.2. The van der Waals surface area contributed by atoms with Gasteiger partial charge in [-0.15, -0.1) is 0 Å². The Morgan fingerprint density at radius 1 is 1.09 bits per heavy atom. The number of anilines is 1. The Balaban J connectivity index is 1.80. The number of carbonyl (C=O) groups is 1. The number of rotatable bonds is 3. The fraction of sp³-hybridized carbons (Fsp3) is 0.235. The molecule has 0 saturated carbocycles. The predicted molar refractivity (Wildman–Crippen MR) is 85.6 cm³/mol. The lowest BCUT2D eigenvalue weighted by Crippen LogP contribution is -2.39. The molecular formula is C17H16FNO3S. The third-order valence-corrected chi connectivity index (χ3v) is 5.68. The Hall–Kier alpha value is -2.21. The molecule has 3 rings (SSSR count). The summed E-state index contributed by atoms with van der Waals surface area (Å²) >= 11 is 0. The van der Waals surface area contributed by atoms with E-state index in [1.54, 1.807) is 36.4 Å². The molecule has 1 amide bonds. The van der Waals surface area contributed by atoms with E-state index >= 15 is 0 Å². The molecule has 2 aromatic rings. The van der Waals surface area contributed by atoms with Crippen molar-refractivity contribution in [3.05, 3.63) is 59.9 Å². The average Bonchev–Trinajstić information content (AvgIpc) is 2.54. The summed E-state index contributed by atoms with van der Waals surface area (Å²) < 4.78 is 37.8. The Kier molecular flexibility index (Phi) is 4.17. The van der Waals surface area contributed by atoms with Crippen LogP contribution in [0.3, 0.4) is 0 Å². The number of hydrogen-bond acceptors (Lipinski definition) is 3. The largest absolute Gasteiger partial charge is 0.310 e. The van der Waals surface area contributed by atoms with Crippen LogP contribution in [0.2, 0.25) is 0 Å². The monoisotopic (exact) mass is 333 g/mol. The summed E-state index contributed by atoms with van der Waals surface area (Å²) in [6.45, 7) is 0.134. The summed E-state index contributed by atoms with van der Waals surface area (Å²) in [4.78, 5) is 14.1. The van der Waals surface area contributed by atoms with E-state index in [0.717, 1.165) is 0 Å². The van der Waals surface area contributed by atoms with Crippen LogP contribution in [0.15, 0.2) is 53.4 Å². The molecule has 23 heavy (non-hydrogen) atoms. The second-order valence-corrected chi connectivity index (χ2v) is 7.50. The normalized spacial score (nSPS) is 16.0. The molecule has 0 atom stereocenters. The highest BCUT2D eigenvalue weighted by Crippen LogP contribution is 2.30. The molecule has 2 aromatic carbocycles. The molecule has 0 unspecified atom stereocenters. The number of aryl methyl sites for hydroxylation is 1. The Morgan fingerprint density at radius 2 is 1.78 bits per heavy atom.